The quantitative estimate of drug-likeness (QED) is 0.631. The zero-order valence-electron chi connectivity index (χ0n) is 6.75. The summed E-state index contributed by atoms with van der Waals surface area (Å²) in [7, 11) is 0. The molecule has 1 amide bonds. The molecule has 1 aromatic carbocycles. The number of anilines is 1. The van der Waals surface area contributed by atoms with Gasteiger partial charge in [0, 0.05) is 11.3 Å². The predicted octanol–water partition coefficient (Wildman–Crippen LogP) is 1.20. The Morgan fingerprint density at radius 2 is 2.31 bits per heavy atom. The molecule has 0 saturated carbocycles. The summed E-state index contributed by atoms with van der Waals surface area (Å²) in [6, 6.07) is 3.93. The summed E-state index contributed by atoms with van der Waals surface area (Å²) >= 11 is 0. The highest BCUT2D eigenvalue weighted by Gasteiger charge is 2.23. The molecule has 0 aliphatic carbocycles. The molecule has 1 unspecified atom stereocenters. The van der Waals surface area contributed by atoms with Gasteiger partial charge in [-0.05, 0) is 18.2 Å². The van der Waals surface area contributed by atoms with Crippen molar-refractivity contribution in [2.45, 2.75) is 12.5 Å². The third-order valence-electron chi connectivity index (χ3n) is 2.03. The molecule has 68 valence electrons. The molecule has 1 atom stereocenters. The molecule has 4 heteroatoms. The Balaban J connectivity index is 2.49. The Hall–Kier alpha value is -1.42. The minimum atomic E-state index is -0.889. The zero-order chi connectivity index (χ0) is 9.42. The van der Waals surface area contributed by atoms with E-state index in [9.17, 15) is 14.3 Å². The predicted molar refractivity (Wildman–Crippen MR) is 44.6 cm³/mol. The first kappa shape index (κ1) is 8.19. The maximum absolute atomic E-state index is 12.7. The highest BCUT2D eigenvalue weighted by atomic mass is 19.1. The molecule has 1 aliphatic rings. The Labute approximate surface area is 74.2 Å². The standard InChI is InChI=1S/C9H8FNO2/c10-5-1-2-7-6(3-5)8(12)4-9(13)11-7/h1-3,8,12H,4H2,(H,11,13). The number of fused-ring (bicyclic) bond motifs is 1. The largest absolute Gasteiger partial charge is 0.388 e. The molecule has 1 aromatic rings. The lowest BCUT2D eigenvalue weighted by molar-refractivity contribution is -0.118. The summed E-state index contributed by atoms with van der Waals surface area (Å²) in [5, 5.41) is 12.0. The van der Waals surface area contributed by atoms with Crippen molar-refractivity contribution in [3.8, 4) is 0 Å². The summed E-state index contributed by atoms with van der Waals surface area (Å²) in [6.07, 6.45) is -0.893. The molecule has 0 radical (unpaired) electrons. The van der Waals surface area contributed by atoms with Gasteiger partial charge >= 0.3 is 0 Å². The van der Waals surface area contributed by atoms with Crippen molar-refractivity contribution in [2.75, 3.05) is 5.32 Å². The van der Waals surface area contributed by atoms with E-state index in [4.69, 9.17) is 0 Å². The van der Waals surface area contributed by atoms with E-state index in [1.807, 2.05) is 0 Å². The summed E-state index contributed by atoms with van der Waals surface area (Å²) in [4.78, 5) is 11.0. The number of aliphatic hydroxyl groups is 1. The third kappa shape index (κ3) is 1.40. The van der Waals surface area contributed by atoms with Crippen LogP contribution in [0.5, 0.6) is 0 Å². The van der Waals surface area contributed by atoms with E-state index in [1.54, 1.807) is 0 Å². The molecule has 2 N–H and O–H groups in total. The van der Waals surface area contributed by atoms with Crippen LogP contribution in [0.3, 0.4) is 0 Å². The van der Waals surface area contributed by atoms with E-state index in [0.29, 0.717) is 11.3 Å². The molecular formula is C9H8FNO2. The molecule has 1 aliphatic heterocycles. The first-order chi connectivity index (χ1) is 6.16. The lowest BCUT2D eigenvalue weighted by Crippen LogP contribution is -2.22. The number of amides is 1. The van der Waals surface area contributed by atoms with Crippen molar-refractivity contribution >= 4 is 11.6 Å². The van der Waals surface area contributed by atoms with E-state index in [2.05, 4.69) is 5.32 Å². The van der Waals surface area contributed by atoms with Gasteiger partial charge in [-0.25, -0.2) is 4.39 Å². The number of halogens is 1. The van der Waals surface area contributed by atoms with Crippen LogP contribution in [0.1, 0.15) is 18.1 Å². The van der Waals surface area contributed by atoms with Crippen LogP contribution in [-0.4, -0.2) is 11.0 Å². The van der Waals surface area contributed by atoms with E-state index in [1.165, 1.54) is 18.2 Å². The molecule has 0 aromatic heterocycles. The van der Waals surface area contributed by atoms with Crippen molar-refractivity contribution < 1.29 is 14.3 Å². The Morgan fingerprint density at radius 1 is 1.54 bits per heavy atom. The zero-order valence-corrected chi connectivity index (χ0v) is 6.75. The van der Waals surface area contributed by atoms with Crippen LogP contribution in [0.15, 0.2) is 18.2 Å². The van der Waals surface area contributed by atoms with Crippen LogP contribution in [0.25, 0.3) is 0 Å². The van der Waals surface area contributed by atoms with Gasteiger partial charge in [-0.3, -0.25) is 4.79 Å². The molecule has 13 heavy (non-hydrogen) atoms. The van der Waals surface area contributed by atoms with Crippen molar-refractivity contribution in [1.29, 1.82) is 0 Å². The van der Waals surface area contributed by atoms with Crippen molar-refractivity contribution in [3.05, 3.63) is 29.6 Å². The van der Waals surface area contributed by atoms with Gasteiger partial charge in [-0.15, -0.1) is 0 Å². The maximum atomic E-state index is 12.7. The minimum Gasteiger partial charge on any atom is -0.388 e. The van der Waals surface area contributed by atoms with Gasteiger partial charge in [-0.2, -0.15) is 0 Å². The Bertz CT molecular complexity index is 365. The first-order valence-electron chi connectivity index (χ1n) is 3.94. The number of nitrogens with one attached hydrogen (secondary N) is 1. The van der Waals surface area contributed by atoms with Gasteiger partial charge in [0.2, 0.25) is 5.91 Å². The lowest BCUT2D eigenvalue weighted by atomic mass is 10.0. The van der Waals surface area contributed by atoms with Gasteiger partial charge in [0.15, 0.2) is 0 Å². The van der Waals surface area contributed by atoms with Crippen LogP contribution in [-0.2, 0) is 4.79 Å². The number of hydrogen-bond donors (Lipinski definition) is 2. The number of carbonyl (C=O) groups excluding carboxylic acids is 1. The van der Waals surface area contributed by atoms with Gasteiger partial charge in [-0.1, -0.05) is 0 Å². The fourth-order valence-electron chi connectivity index (χ4n) is 1.41. The van der Waals surface area contributed by atoms with Crippen molar-refractivity contribution in [3.63, 3.8) is 0 Å². The van der Waals surface area contributed by atoms with E-state index < -0.39 is 11.9 Å². The average Bonchev–Trinajstić information content (AvgIpc) is 2.06. The summed E-state index contributed by atoms with van der Waals surface area (Å²) in [5.41, 5.74) is 0.935. The summed E-state index contributed by atoms with van der Waals surface area (Å²) in [5.74, 6) is -0.652. The maximum Gasteiger partial charge on any atom is 0.227 e. The molecule has 1 heterocycles. The fraction of sp³-hybridized carbons (Fsp3) is 0.222. The Morgan fingerprint density at radius 3 is 3.08 bits per heavy atom. The van der Waals surface area contributed by atoms with E-state index >= 15 is 0 Å². The smallest absolute Gasteiger partial charge is 0.227 e. The normalized spacial score (nSPS) is 20.8. The second kappa shape index (κ2) is 2.81. The highest BCUT2D eigenvalue weighted by Crippen LogP contribution is 2.30. The van der Waals surface area contributed by atoms with E-state index in [0.717, 1.165) is 0 Å². The van der Waals surface area contributed by atoms with Gasteiger partial charge < -0.3 is 10.4 Å². The van der Waals surface area contributed by atoms with Crippen LogP contribution in [0, 0.1) is 5.82 Å². The molecular weight excluding hydrogens is 173 g/mol. The molecule has 0 bridgehead atoms. The summed E-state index contributed by atoms with van der Waals surface area (Å²) in [6.45, 7) is 0. The number of hydrogen-bond acceptors (Lipinski definition) is 2. The van der Waals surface area contributed by atoms with Gasteiger partial charge in [0.25, 0.3) is 0 Å². The average molecular weight is 181 g/mol. The molecule has 2 rings (SSSR count). The minimum absolute atomic E-state index is 0.00352. The van der Waals surface area contributed by atoms with Crippen LogP contribution in [0.4, 0.5) is 10.1 Å². The fourth-order valence-corrected chi connectivity index (χ4v) is 1.41. The number of aliphatic hydroxyl groups excluding tert-OH is 1. The highest BCUT2D eigenvalue weighted by molar-refractivity contribution is 5.94. The molecule has 0 fully saturated rings. The second-order valence-corrected chi connectivity index (χ2v) is 3.00. The van der Waals surface area contributed by atoms with Crippen molar-refractivity contribution in [1.82, 2.24) is 0 Å². The van der Waals surface area contributed by atoms with Crippen LogP contribution < -0.4 is 5.32 Å². The molecule has 3 nitrogen and oxygen atoms in total. The SMILES string of the molecule is O=C1CC(O)c2cc(F)ccc2N1. The Kier molecular flexibility index (Phi) is 1.77. The third-order valence-corrected chi connectivity index (χ3v) is 2.03. The lowest BCUT2D eigenvalue weighted by Gasteiger charge is -2.21. The summed E-state index contributed by atoms with van der Waals surface area (Å²) < 4.78 is 12.7. The van der Waals surface area contributed by atoms with Gasteiger partial charge in [0.1, 0.15) is 5.82 Å². The van der Waals surface area contributed by atoms with Crippen LogP contribution >= 0.6 is 0 Å². The van der Waals surface area contributed by atoms with Crippen molar-refractivity contribution in [2.24, 2.45) is 0 Å². The molecule has 0 saturated heterocycles. The topological polar surface area (TPSA) is 49.3 Å². The monoisotopic (exact) mass is 181 g/mol. The number of rotatable bonds is 0. The van der Waals surface area contributed by atoms with E-state index in [-0.39, 0.29) is 12.3 Å². The van der Waals surface area contributed by atoms with Gasteiger partial charge in [0.05, 0.1) is 12.5 Å². The second-order valence-electron chi connectivity index (χ2n) is 3.00. The number of benzene rings is 1. The number of carbonyl (C=O) groups is 1. The van der Waals surface area contributed by atoms with Crippen LogP contribution in [0.2, 0.25) is 0 Å². The molecule has 0 spiro atoms. The first-order valence-corrected chi connectivity index (χ1v) is 3.94.